The number of hydrogen-bond donors (Lipinski definition) is 3. The molecule has 0 atom stereocenters. The van der Waals surface area contributed by atoms with Crippen LogP contribution in [0.2, 0.25) is 0 Å². The highest BCUT2D eigenvalue weighted by Crippen LogP contribution is 2.23. The molecule has 0 fully saturated rings. The van der Waals surface area contributed by atoms with Gasteiger partial charge in [-0.2, -0.15) is 15.3 Å². The lowest BCUT2D eigenvalue weighted by Crippen LogP contribution is -2.35. The second kappa shape index (κ2) is 16.4. The van der Waals surface area contributed by atoms with Gasteiger partial charge in [-0.1, -0.05) is 48.2 Å². The van der Waals surface area contributed by atoms with Crippen molar-refractivity contribution in [1.82, 2.24) is 29.8 Å². The molecule has 200 valence electrons. The fraction of sp³-hybridized carbons (Fsp3) is 0.160. The van der Waals surface area contributed by atoms with Gasteiger partial charge in [0, 0.05) is 26.5 Å². The van der Waals surface area contributed by atoms with Crippen molar-refractivity contribution in [2.24, 2.45) is 14.1 Å². The summed E-state index contributed by atoms with van der Waals surface area (Å²) in [6, 6.07) is 17.7. The molecule has 0 aliphatic heterocycles. The third-order valence-electron chi connectivity index (χ3n) is 4.73. The highest BCUT2D eigenvalue weighted by atomic mass is 127. The Balaban J connectivity index is 0.000000194. The summed E-state index contributed by atoms with van der Waals surface area (Å²) in [6.45, 7) is 0. The number of H-pyrrole nitrogens is 1. The Morgan fingerprint density at radius 3 is 1.82 bits per heavy atom. The molecule has 0 aliphatic carbocycles. The summed E-state index contributed by atoms with van der Waals surface area (Å²) >= 11 is 7.14. The topological polar surface area (TPSA) is 105 Å². The molecule has 0 bridgehead atoms. The van der Waals surface area contributed by atoms with E-state index in [0.29, 0.717) is 5.59 Å². The van der Waals surface area contributed by atoms with Gasteiger partial charge in [0.2, 0.25) is 0 Å². The van der Waals surface area contributed by atoms with E-state index in [1.54, 1.807) is 53.3 Å². The Morgan fingerprint density at radius 2 is 1.39 bits per heavy atom. The van der Waals surface area contributed by atoms with Crippen LogP contribution in [-0.4, -0.2) is 51.9 Å². The predicted molar refractivity (Wildman–Crippen MR) is 171 cm³/mol. The lowest BCUT2D eigenvalue weighted by Gasteiger charge is -1.96. The molecule has 0 aliphatic rings. The van der Waals surface area contributed by atoms with Gasteiger partial charge in [-0.15, -0.1) is 34.0 Å². The summed E-state index contributed by atoms with van der Waals surface area (Å²) in [6.07, 6.45) is 3.71. The number of halogens is 1. The predicted octanol–water partition coefficient (Wildman–Crippen LogP) is 5.80. The van der Waals surface area contributed by atoms with Crippen LogP contribution in [0, 0.1) is 0 Å². The Bertz CT molecular complexity index is 1370. The molecular formula is C25H30BIN6O2S3. The summed E-state index contributed by atoms with van der Waals surface area (Å²) in [5.41, 5.74) is 3.32. The van der Waals surface area contributed by atoms with E-state index < -0.39 is 7.12 Å². The first kappa shape index (κ1) is 31.7. The van der Waals surface area contributed by atoms with Gasteiger partial charge in [-0.3, -0.25) is 14.5 Å². The van der Waals surface area contributed by atoms with E-state index >= 15 is 0 Å². The van der Waals surface area contributed by atoms with Crippen LogP contribution in [0.1, 0.15) is 7.43 Å². The van der Waals surface area contributed by atoms with E-state index in [2.05, 4.69) is 65.9 Å². The number of nitrogens with one attached hydrogen (secondary N) is 1. The number of aromatic nitrogens is 6. The van der Waals surface area contributed by atoms with E-state index in [9.17, 15) is 0 Å². The van der Waals surface area contributed by atoms with Gasteiger partial charge in [0.25, 0.3) is 0 Å². The molecule has 8 nitrogen and oxygen atoms in total. The van der Waals surface area contributed by atoms with Crippen molar-refractivity contribution in [2.75, 3.05) is 4.93 Å². The lowest BCUT2D eigenvalue weighted by molar-refractivity contribution is 0.421. The van der Waals surface area contributed by atoms with Crippen LogP contribution >= 0.6 is 56.6 Å². The number of thiophene rings is 3. The van der Waals surface area contributed by atoms with Crippen molar-refractivity contribution in [1.29, 1.82) is 0 Å². The van der Waals surface area contributed by atoms with Crippen molar-refractivity contribution in [2.45, 2.75) is 7.43 Å². The highest BCUT2D eigenvalue weighted by Gasteiger charge is 2.18. The molecule has 13 heteroatoms. The summed E-state index contributed by atoms with van der Waals surface area (Å²) in [5.74, 6) is 0. The number of aryl methyl sites for hydroxylation is 2. The fourth-order valence-corrected chi connectivity index (χ4v) is 5.14. The molecule has 6 heterocycles. The first-order chi connectivity index (χ1) is 18.0. The SMILES string of the molecule is C.CI.Cn1ccc(-c2cccs2)n1.Cn1nc(-c2cccs2)cc1B(O)O.c1csc(-c2ccn[nH]2)c1. The molecule has 0 saturated heterocycles. The molecule has 0 aromatic carbocycles. The molecule has 0 saturated carbocycles. The first-order valence-electron chi connectivity index (χ1n) is 10.9. The Kier molecular flexibility index (Phi) is 13.7. The minimum absolute atomic E-state index is 0. The second-order valence-electron chi connectivity index (χ2n) is 7.23. The smallest absolute Gasteiger partial charge is 0.422 e. The van der Waals surface area contributed by atoms with Gasteiger partial charge in [0.1, 0.15) is 11.4 Å². The van der Waals surface area contributed by atoms with Crippen LogP contribution in [0.3, 0.4) is 0 Å². The molecule has 6 rings (SSSR count). The van der Waals surface area contributed by atoms with Gasteiger partial charge < -0.3 is 10.0 Å². The molecule has 0 spiro atoms. The zero-order chi connectivity index (χ0) is 26.6. The number of aromatic amines is 1. The Hall–Kier alpha value is -2.56. The maximum absolute atomic E-state index is 9.01. The Morgan fingerprint density at radius 1 is 0.816 bits per heavy atom. The molecule has 6 aromatic rings. The molecule has 38 heavy (non-hydrogen) atoms. The van der Waals surface area contributed by atoms with Crippen LogP contribution in [0.5, 0.6) is 0 Å². The van der Waals surface area contributed by atoms with Gasteiger partial charge >= 0.3 is 7.12 Å². The third-order valence-corrected chi connectivity index (χ3v) is 7.42. The summed E-state index contributed by atoms with van der Waals surface area (Å²) in [4.78, 5) is 5.45. The van der Waals surface area contributed by atoms with Crippen molar-refractivity contribution >= 4 is 69.3 Å². The van der Waals surface area contributed by atoms with Gasteiger partial charge in [-0.05, 0) is 57.5 Å². The molecule has 6 aromatic heterocycles. The second-order valence-corrected chi connectivity index (χ2v) is 10.1. The highest BCUT2D eigenvalue weighted by molar-refractivity contribution is 14.1. The van der Waals surface area contributed by atoms with Crippen LogP contribution in [-0.2, 0) is 14.1 Å². The van der Waals surface area contributed by atoms with E-state index in [0.717, 1.165) is 22.0 Å². The largest absolute Gasteiger partial charge is 0.507 e. The molecular weight excluding hydrogens is 650 g/mol. The number of hydrogen-bond acceptors (Lipinski definition) is 8. The monoisotopic (exact) mass is 680 g/mol. The Labute approximate surface area is 248 Å². The van der Waals surface area contributed by atoms with Crippen LogP contribution < -0.4 is 5.59 Å². The average molecular weight is 680 g/mol. The normalized spacial score (nSPS) is 9.63. The number of nitrogens with zero attached hydrogens (tertiary/aromatic N) is 5. The van der Waals surface area contributed by atoms with Crippen LogP contribution in [0.25, 0.3) is 31.7 Å². The average Bonchev–Trinajstić information content (AvgIpc) is 3.75. The minimum atomic E-state index is -1.47. The first-order valence-corrected chi connectivity index (χ1v) is 15.7. The summed E-state index contributed by atoms with van der Waals surface area (Å²) in [7, 11) is 2.14. The van der Waals surface area contributed by atoms with Gasteiger partial charge in [-0.25, -0.2) is 0 Å². The molecule has 0 amide bonds. The summed E-state index contributed by atoms with van der Waals surface area (Å²) < 4.78 is 3.29. The van der Waals surface area contributed by atoms with E-state index in [4.69, 9.17) is 10.0 Å². The minimum Gasteiger partial charge on any atom is -0.422 e. The van der Waals surface area contributed by atoms with Crippen molar-refractivity contribution in [3.63, 3.8) is 0 Å². The van der Waals surface area contributed by atoms with Gasteiger partial charge in [0.15, 0.2) is 0 Å². The van der Waals surface area contributed by atoms with Gasteiger partial charge in [0.05, 0.1) is 25.9 Å². The molecule has 0 radical (unpaired) electrons. The van der Waals surface area contributed by atoms with Crippen molar-refractivity contribution in [3.8, 4) is 31.7 Å². The number of alkyl halides is 1. The zero-order valence-corrected chi connectivity index (χ0v) is 25.0. The lowest BCUT2D eigenvalue weighted by atomic mass is 9.86. The quantitative estimate of drug-likeness (QED) is 0.124. The fourth-order valence-electron chi connectivity index (χ4n) is 3.06. The summed E-state index contributed by atoms with van der Waals surface area (Å²) in [5, 5.41) is 39.3. The third kappa shape index (κ3) is 9.03. The van der Waals surface area contributed by atoms with E-state index in [1.165, 1.54) is 14.4 Å². The molecule has 3 N–H and O–H groups in total. The number of rotatable bonds is 4. The zero-order valence-electron chi connectivity index (χ0n) is 20.4. The van der Waals surface area contributed by atoms with Crippen LogP contribution in [0.15, 0.2) is 83.1 Å². The van der Waals surface area contributed by atoms with E-state index in [-0.39, 0.29) is 7.43 Å². The van der Waals surface area contributed by atoms with E-state index in [1.807, 2.05) is 64.6 Å². The standard InChI is InChI=1S/C8H9BN2O2S.C8H8N2S.C7H6N2S.CH3I.CH4/c1-11-8(9(12)13)5-6(10-11)7-3-2-4-14-7;1-10-5-4-7(9-10)8-3-2-6-11-8;1-2-7(10-5-1)6-3-4-8-9-6;1-2;/h2-5,12-13H,1H3;2-6H,1H3;1-5H,(H,8,9);1H3;1H4. The maximum atomic E-state index is 9.01. The van der Waals surface area contributed by atoms with Crippen molar-refractivity contribution in [3.05, 3.63) is 83.1 Å². The van der Waals surface area contributed by atoms with Crippen LogP contribution in [0.4, 0.5) is 0 Å². The molecule has 0 unspecified atom stereocenters. The maximum Gasteiger partial charge on any atom is 0.507 e. The van der Waals surface area contributed by atoms with Crippen molar-refractivity contribution < 1.29 is 10.0 Å².